The van der Waals surface area contributed by atoms with E-state index in [2.05, 4.69) is 21.1 Å². The number of anilines is 1. The number of amides is 1. The Morgan fingerprint density at radius 1 is 0.971 bits per heavy atom. The second-order valence-electron chi connectivity index (χ2n) is 8.15. The van der Waals surface area contributed by atoms with E-state index < -0.39 is 17.6 Å². The van der Waals surface area contributed by atoms with Gasteiger partial charge < -0.3 is 9.80 Å². The van der Waals surface area contributed by atoms with E-state index in [1.165, 1.54) is 23.1 Å². The molecule has 1 amide bonds. The minimum atomic E-state index is -4.59. The zero-order valence-electron chi connectivity index (χ0n) is 18.3. The standard InChI is InChI=1S/C24H21F3N6O/c1-16-5-4-6-17(15-16)20-9-10-28-22-29-23(30-33(20)22)32-13-11-31(12-14-32)21(34)18-7-2-3-8-19(18)24(25,26)27/h2-10,15H,11-14H2,1H3. The van der Waals surface area contributed by atoms with Crippen LogP contribution in [0.5, 0.6) is 0 Å². The van der Waals surface area contributed by atoms with E-state index in [9.17, 15) is 18.0 Å². The molecule has 4 aromatic rings. The number of fused-ring (bicyclic) bond motifs is 1. The van der Waals surface area contributed by atoms with Crippen molar-refractivity contribution in [2.75, 3.05) is 31.1 Å². The lowest BCUT2D eigenvalue weighted by Crippen LogP contribution is -2.49. The van der Waals surface area contributed by atoms with Crippen LogP contribution in [0.25, 0.3) is 17.0 Å². The van der Waals surface area contributed by atoms with Gasteiger partial charge in [-0.1, -0.05) is 35.9 Å². The maximum Gasteiger partial charge on any atom is 0.417 e. The van der Waals surface area contributed by atoms with Gasteiger partial charge in [0.1, 0.15) is 0 Å². The summed E-state index contributed by atoms with van der Waals surface area (Å²) >= 11 is 0. The summed E-state index contributed by atoms with van der Waals surface area (Å²) in [6.07, 6.45) is -2.91. The summed E-state index contributed by atoms with van der Waals surface area (Å²) in [5, 5.41) is 4.63. The highest BCUT2D eigenvalue weighted by Crippen LogP contribution is 2.32. The lowest BCUT2D eigenvalue weighted by molar-refractivity contribution is -0.138. The van der Waals surface area contributed by atoms with Gasteiger partial charge in [-0.25, -0.2) is 4.98 Å². The molecule has 0 atom stereocenters. The summed E-state index contributed by atoms with van der Waals surface area (Å²) in [7, 11) is 0. The lowest BCUT2D eigenvalue weighted by Gasteiger charge is -2.34. The second-order valence-corrected chi connectivity index (χ2v) is 8.15. The first-order valence-electron chi connectivity index (χ1n) is 10.8. The maximum absolute atomic E-state index is 13.3. The number of benzene rings is 2. The van der Waals surface area contributed by atoms with Crippen LogP contribution in [0, 0.1) is 6.92 Å². The Morgan fingerprint density at radius 3 is 2.47 bits per heavy atom. The summed E-state index contributed by atoms with van der Waals surface area (Å²) in [6, 6.07) is 14.8. The molecule has 2 aromatic carbocycles. The molecule has 34 heavy (non-hydrogen) atoms. The van der Waals surface area contributed by atoms with E-state index in [0.717, 1.165) is 22.9 Å². The molecule has 7 nitrogen and oxygen atoms in total. The van der Waals surface area contributed by atoms with E-state index in [0.29, 0.717) is 24.8 Å². The highest BCUT2D eigenvalue weighted by atomic mass is 19.4. The summed E-state index contributed by atoms with van der Waals surface area (Å²) in [5.74, 6) is 0.293. The topological polar surface area (TPSA) is 66.6 Å². The molecule has 10 heteroatoms. The average Bonchev–Trinajstić information content (AvgIpc) is 3.28. The van der Waals surface area contributed by atoms with Gasteiger partial charge in [-0.2, -0.15) is 22.7 Å². The first-order valence-corrected chi connectivity index (χ1v) is 10.8. The molecule has 2 aromatic heterocycles. The lowest BCUT2D eigenvalue weighted by atomic mass is 10.1. The first-order chi connectivity index (χ1) is 16.3. The molecule has 0 unspecified atom stereocenters. The molecule has 3 heterocycles. The molecule has 0 bridgehead atoms. The molecule has 174 valence electrons. The van der Waals surface area contributed by atoms with Gasteiger partial charge in [0.2, 0.25) is 5.95 Å². The van der Waals surface area contributed by atoms with Gasteiger partial charge in [0, 0.05) is 37.9 Å². The van der Waals surface area contributed by atoms with Crippen LogP contribution in [0.3, 0.4) is 0 Å². The number of halogens is 3. The van der Waals surface area contributed by atoms with Crippen LogP contribution in [0.15, 0.2) is 60.8 Å². The average molecular weight is 466 g/mol. The van der Waals surface area contributed by atoms with Crippen LogP contribution < -0.4 is 4.90 Å². The van der Waals surface area contributed by atoms with Crippen molar-refractivity contribution in [1.29, 1.82) is 0 Å². The zero-order chi connectivity index (χ0) is 23.9. The molecule has 0 aliphatic carbocycles. The van der Waals surface area contributed by atoms with Crippen molar-refractivity contribution in [3.05, 3.63) is 77.5 Å². The number of nitrogens with zero attached hydrogens (tertiary/aromatic N) is 6. The zero-order valence-corrected chi connectivity index (χ0v) is 18.3. The van der Waals surface area contributed by atoms with Crippen molar-refractivity contribution in [3.63, 3.8) is 0 Å². The van der Waals surface area contributed by atoms with Crippen LogP contribution >= 0.6 is 0 Å². The highest BCUT2D eigenvalue weighted by molar-refractivity contribution is 5.96. The summed E-state index contributed by atoms with van der Waals surface area (Å²) in [4.78, 5) is 25.0. The Hall–Kier alpha value is -3.95. The van der Waals surface area contributed by atoms with E-state index in [4.69, 9.17) is 0 Å². The van der Waals surface area contributed by atoms with Crippen molar-refractivity contribution < 1.29 is 18.0 Å². The third kappa shape index (κ3) is 4.07. The number of carbonyl (C=O) groups excluding carboxylic acids is 1. The minimum Gasteiger partial charge on any atom is -0.336 e. The van der Waals surface area contributed by atoms with E-state index >= 15 is 0 Å². The molecule has 0 radical (unpaired) electrons. The van der Waals surface area contributed by atoms with Crippen molar-refractivity contribution in [3.8, 4) is 11.3 Å². The van der Waals surface area contributed by atoms with Gasteiger partial charge in [0.15, 0.2) is 0 Å². The Morgan fingerprint density at radius 2 is 1.74 bits per heavy atom. The molecular weight excluding hydrogens is 445 g/mol. The Bertz CT molecular complexity index is 1360. The van der Waals surface area contributed by atoms with Crippen LogP contribution in [0.1, 0.15) is 21.5 Å². The van der Waals surface area contributed by atoms with Crippen molar-refractivity contribution in [2.45, 2.75) is 13.1 Å². The van der Waals surface area contributed by atoms with Crippen LogP contribution in [-0.2, 0) is 6.18 Å². The number of hydrogen-bond acceptors (Lipinski definition) is 5. The van der Waals surface area contributed by atoms with Gasteiger partial charge in [-0.05, 0) is 31.2 Å². The fraction of sp³-hybridized carbons (Fsp3) is 0.250. The van der Waals surface area contributed by atoms with E-state index in [1.807, 2.05) is 36.1 Å². The summed E-state index contributed by atoms with van der Waals surface area (Å²) in [6.45, 7) is 3.34. The van der Waals surface area contributed by atoms with E-state index in [-0.39, 0.29) is 18.7 Å². The molecule has 1 saturated heterocycles. The van der Waals surface area contributed by atoms with Crippen molar-refractivity contribution >= 4 is 17.6 Å². The van der Waals surface area contributed by atoms with Crippen LogP contribution in [-0.4, -0.2) is 56.6 Å². The quantitative estimate of drug-likeness (QED) is 0.455. The van der Waals surface area contributed by atoms with Crippen LogP contribution in [0.2, 0.25) is 0 Å². The normalized spacial score (nSPS) is 14.6. The van der Waals surface area contributed by atoms with E-state index in [1.54, 1.807) is 10.7 Å². The van der Waals surface area contributed by atoms with Gasteiger partial charge >= 0.3 is 6.18 Å². The molecule has 1 aliphatic rings. The molecule has 0 N–H and O–H groups in total. The predicted octanol–water partition coefficient (Wildman–Crippen LogP) is 4.08. The number of hydrogen-bond donors (Lipinski definition) is 0. The van der Waals surface area contributed by atoms with Gasteiger partial charge in [0.05, 0.1) is 16.8 Å². The molecular formula is C24H21F3N6O. The summed E-state index contributed by atoms with van der Waals surface area (Å²) < 4.78 is 41.7. The number of aromatic nitrogens is 4. The number of aryl methyl sites for hydroxylation is 1. The minimum absolute atomic E-state index is 0.263. The van der Waals surface area contributed by atoms with Gasteiger partial charge in [0.25, 0.3) is 11.7 Å². The molecule has 1 aliphatic heterocycles. The first kappa shape index (κ1) is 21.9. The number of carbonyl (C=O) groups is 1. The van der Waals surface area contributed by atoms with Crippen molar-refractivity contribution in [2.24, 2.45) is 0 Å². The van der Waals surface area contributed by atoms with Crippen LogP contribution in [0.4, 0.5) is 19.1 Å². The molecule has 0 saturated carbocycles. The van der Waals surface area contributed by atoms with Gasteiger partial charge in [-0.15, -0.1) is 5.10 Å². The highest BCUT2D eigenvalue weighted by Gasteiger charge is 2.36. The predicted molar refractivity (Wildman–Crippen MR) is 121 cm³/mol. The Kier molecular flexibility index (Phi) is 5.43. The summed E-state index contributed by atoms with van der Waals surface area (Å²) in [5.41, 5.74) is 1.71. The monoisotopic (exact) mass is 466 g/mol. The molecule has 5 rings (SSSR count). The number of alkyl halides is 3. The Labute approximate surface area is 193 Å². The molecule has 0 spiro atoms. The maximum atomic E-state index is 13.3. The number of rotatable bonds is 3. The van der Waals surface area contributed by atoms with Gasteiger partial charge in [-0.3, -0.25) is 4.79 Å². The third-order valence-electron chi connectivity index (χ3n) is 5.86. The van der Waals surface area contributed by atoms with Crippen molar-refractivity contribution in [1.82, 2.24) is 24.5 Å². The fourth-order valence-electron chi connectivity index (χ4n) is 4.14. The fourth-order valence-corrected chi connectivity index (χ4v) is 4.14. The Balaban J connectivity index is 1.35. The molecule has 1 fully saturated rings. The third-order valence-corrected chi connectivity index (χ3v) is 5.86. The smallest absolute Gasteiger partial charge is 0.336 e. The SMILES string of the molecule is Cc1cccc(-c2ccnc3nc(N4CCN(C(=O)c5ccccc5C(F)(F)F)CC4)nn23)c1. The largest absolute Gasteiger partial charge is 0.417 e. The second kappa shape index (κ2) is 8.44. The number of piperazine rings is 1.